The summed E-state index contributed by atoms with van der Waals surface area (Å²) in [5.41, 5.74) is 0.869. The standard InChI is InChI=1S/C17H20BrN3O3S2/c1-11-12(2)25-17(19-11)20-16(22)15-5-3-4-10-21(15)26(23,24)14-8-6-13(18)7-9-14/h6-9,15H,3-5,10H2,1-2H3,(H,19,20,22). The Kier molecular flexibility index (Phi) is 5.81. The molecule has 1 aliphatic heterocycles. The summed E-state index contributed by atoms with van der Waals surface area (Å²) >= 11 is 4.71. The van der Waals surface area contributed by atoms with Gasteiger partial charge in [0.2, 0.25) is 15.9 Å². The van der Waals surface area contributed by atoms with E-state index in [-0.39, 0.29) is 10.8 Å². The third-order valence-corrected chi connectivity index (χ3v) is 7.87. The maximum absolute atomic E-state index is 13.0. The lowest BCUT2D eigenvalue weighted by Crippen LogP contribution is -2.49. The molecule has 140 valence electrons. The first-order valence-electron chi connectivity index (χ1n) is 8.31. The van der Waals surface area contributed by atoms with Gasteiger partial charge < -0.3 is 5.32 Å². The van der Waals surface area contributed by atoms with Crippen molar-refractivity contribution in [2.75, 3.05) is 11.9 Å². The molecule has 1 N–H and O–H groups in total. The van der Waals surface area contributed by atoms with Crippen LogP contribution in [0.3, 0.4) is 0 Å². The van der Waals surface area contributed by atoms with E-state index in [1.807, 2.05) is 13.8 Å². The van der Waals surface area contributed by atoms with Crippen molar-refractivity contribution in [1.29, 1.82) is 0 Å². The molecule has 1 saturated heterocycles. The van der Waals surface area contributed by atoms with Crippen molar-refractivity contribution in [2.24, 2.45) is 0 Å². The van der Waals surface area contributed by atoms with Crippen LogP contribution in [0.5, 0.6) is 0 Å². The summed E-state index contributed by atoms with van der Waals surface area (Å²) in [7, 11) is -3.73. The molecule has 2 aromatic rings. The lowest BCUT2D eigenvalue weighted by molar-refractivity contribution is -0.120. The fourth-order valence-electron chi connectivity index (χ4n) is 2.91. The maximum atomic E-state index is 13.0. The number of carbonyl (C=O) groups is 1. The largest absolute Gasteiger partial charge is 0.301 e. The number of anilines is 1. The van der Waals surface area contributed by atoms with Crippen molar-refractivity contribution in [1.82, 2.24) is 9.29 Å². The van der Waals surface area contributed by atoms with E-state index in [2.05, 4.69) is 26.2 Å². The van der Waals surface area contributed by atoms with Gasteiger partial charge in [0.05, 0.1) is 10.6 Å². The molecule has 2 heterocycles. The van der Waals surface area contributed by atoms with Crippen LogP contribution in [0.4, 0.5) is 5.13 Å². The highest BCUT2D eigenvalue weighted by atomic mass is 79.9. The van der Waals surface area contributed by atoms with Gasteiger partial charge in [-0.1, -0.05) is 22.4 Å². The normalized spacial score (nSPS) is 18.7. The summed E-state index contributed by atoms with van der Waals surface area (Å²) in [5, 5.41) is 3.30. The molecule has 3 rings (SSSR count). The second-order valence-corrected chi connectivity index (χ2v) is 10.2. The molecule has 0 aliphatic carbocycles. The summed E-state index contributed by atoms with van der Waals surface area (Å²) < 4.78 is 28.2. The molecule has 1 aromatic carbocycles. The number of aromatic nitrogens is 1. The number of benzene rings is 1. The van der Waals surface area contributed by atoms with Crippen molar-refractivity contribution < 1.29 is 13.2 Å². The molecule has 6 nitrogen and oxygen atoms in total. The van der Waals surface area contributed by atoms with Crippen LogP contribution in [-0.4, -0.2) is 36.2 Å². The predicted molar refractivity (Wildman–Crippen MR) is 106 cm³/mol. The molecule has 9 heteroatoms. The summed E-state index contributed by atoms with van der Waals surface area (Å²) in [6.07, 6.45) is 2.07. The number of nitrogens with zero attached hydrogens (tertiary/aromatic N) is 2. The Bertz CT molecular complexity index is 890. The summed E-state index contributed by atoms with van der Waals surface area (Å²) in [4.78, 5) is 18.3. The molecule has 1 unspecified atom stereocenters. The Hall–Kier alpha value is -1.29. The Morgan fingerprint density at radius 2 is 1.96 bits per heavy atom. The van der Waals surface area contributed by atoms with Crippen molar-refractivity contribution in [3.8, 4) is 0 Å². The minimum atomic E-state index is -3.73. The van der Waals surface area contributed by atoms with Crippen LogP contribution in [-0.2, 0) is 14.8 Å². The third-order valence-electron chi connectivity index (χ3n) is 4.44. The molecule has 1 atom stereocenters. The third kappa shape index (κ3) is 4.00. The minimum absolute atomic E-state index is 0.196. The highest BCUT2D eigenvalue weighted by Crippen LogP contribution is 2.28. The van der Waals surface area contributed by atoms with E-state index in [0.717, 1.165) is 27.9 Å². The molecule has 1 fully saturated rings. The molecule has 0 radical (unpaired) electrons. The van der Waals surface area contributed by atoms with E-state index in [9.17, 15) is 13.2 Å². The van der Waals surface area contributed by atoms with Crippen LogP contribution in [0.1, 0.15) is 29.8 Å². The number of piperidine rings is 1. The maximum Gasteiger partial charge on any atom is 0.244 e. The van der Waals surface area contributed by atoms with Gasteiger partial charge in [-0.2, -0.15) is 4.31 Å². The lowest BCUT2D eigenvalue weighted by atomic mass is 10.0. The number of rotatable bonds is 4. The smallest absolute Gasteiger partial charge is 0.244 e. The predicted octanol–water partition coefficient (Wildman–Crippen LogP) is 3.70. The summed E-state index contributed by atoms with van der Waals surface area (Å²) in [6.45, 7) is 4.16. The number of halogens is 1. The van der Waals surface area contributed by atoms with Gasteiger partial charge in [0.1, 0.15) is 6.04 Å². The molecule has 1 aliphatic rings. The SMILES string of the molecule is Cc1nc(NC(=O)C2CCCCN2S(=O)(=O)c2ccc(Br)cc2)sc1C. The van der Waals surface area contributed by atoms with Gasteiger partial charge in [-0.25, -0.2) is 13.4 Å². The Balaban J connectivity index is 1.85. The van der Waals surface area contributed by atoms with Crippen molar-refractivity contribution in [2.45, 2.75) is 44.0 Å². The number of sulfonamides is 1. The summed E-state index contributed by atoms with van der Waals surface area (Å²) in [6, 6.07) is 5.76. The van der Waals surface area contributed by atoms with Gasteiger partial charge >= 0.3 is 0 Å². The molecule has 1 aromatic heterocycles. The van der Waals surface area contributed by atoms with Crippen molar-refractivity contribution >= 4 is 48.3 Å². The van der Waals surface area contributed by atoms with E-state index >= 15 is 0 Å². The van der Waals surface area contributed by atoms with Gasteiger partial charge in [0.15, 0.2) is 5.13 Å². The first kappa shape index (κ1) is 19.5. The number of nitrogens with one attached hydrogen (secondary N) is 1. The molecule has 0 bridgehead atoms. The fraction of sp³-hybridized carbons (Fsp3) is 0.412. The van der Waals surface area contributed by atoms with Gasteiger partial charge in [0, 0.05) is 15.9 Å². The minimum Gasteiger partial charge on any atom is -0.301 e. The second kappa shape index (κ2) is 7.75. The number of amides is 1. The van der Waals surface area contributed by atoms with E-state index in [1.165, 1.54) is 15.6 Å². The van der Waals surface area contributed by atoms with E-state index in [0.29, 0.717) is 18.1 Å². The zero-order valence-corrected chi connectivity index (χ0v) is 17.7. The highest BCUT2D eigenvalue weighted by molar-refractivity contribution is 9.10. The average molecular weight is 458 g/mol. The molecular weight excluding hydrogens is 438 g/mol. The first-order chi connectivity index (χ1) is 12.3. The van der Waals surface area contributed by atoms with Gasteiger partial charge in [0.25, 0.3) is 0 Å². The molecule has 1 amide bonds. The summed E-state index contributed by atoms with van der Waals surface area (Å²) in [5.74, 6) is -0.320. The molecule has 0 spiro atoms. The fourth-order valence-corrected chi connectivity index (χ4v) is 5.65. The van der Waals surface area contributed by atoms with E-state index in [1.54, 1.807) is 24.3 Å². The second-order valence-electron chi connectivity index (χ2n) is 6.23. The average Bonchev–Trinajstić information content (AvgIpc) is 2.92. The Labute approximate surface area is 165 Å². The zero-order chi connectivity index (χ0) is 18.9. The number of carbonyl (C=O) groups excluding carboxylic acids is 1. The van der Waals surface area contributed by atoms with Crippen LogP contribution < -0.4 is 5.32 Å². The van der Waals surface area contributed by atoms with Gasteiger partial charge in [-0.05, 0) is 51.0 Å². The number of thiazole rings is 1. The van der Waals surface area contributed by atoms with Crippen LogP contribution in [0.15, 0.2) is 33.6 Å². The van der Waals surface area contributed by atoms with Crippen LogP contribution in [0.25, 0.3) is 0 Å². The monoisotopic (exact) mass is 457 g/mol. The molecule has 26 heavy (non-hydrogen) atoms. The van der Waals surface area contributed by atoms with Gasteiger partial charge in [-0.3, -0.25) is 4.79 Å². The van der Waals surface area contributed by atoms with E-state index in [4.69, 9.17) is 0 Å². The zero-order valence-electron chi connectivity index (χ0n) is 14.5. The van der Waals surface area contributed by atoms with E-state index < -0.39 is 16.1 Å². The molecule has 0 saturated carbocycles. The van der Waals surface area contributed by atoms with Crippen LogP contribution in [0, 0.1) is 13.8 Å². The highest BCUT2D eigenvalue weighted by Gasteiger charge is 2.37. The quantitative estimate of drug-likeness (QED) is 0.758. The van der Waals surface area contributed by atoms with Gasteiger partial charge in [-0.15, -0.1) is 11.3 Å². The van der Waals surface area contributed by atoms with Crippen LogP contribution in [0.2, 0.25) is 0 Å². The number of aryl methyl sites for hydroxylation is 2. The van der Waals surface area contributed by atoms with Crippen molar-refractivity contribution in [3.05, 3.63) is 39.3 Å². The van der Waals surface area contributed by atoms with Crippen molar-refractivity contribution in [3.63, 3.8) is 0 Å². The Morgan fingerprint density at radius 3 is 2.58 bits per heavy atom. The lowest BCUT2D eigenvalue weighted by Gasteiger charge is -2.33. The van der Waals surface area contributed by atoms with Crippen LogP contribution >= 0.6 is 27.3 Å². The Morgan fingerprint density at radius 1 is 1.27 bits per heavy atom. The molecular formula is C17H20BrN3O3S2. The first-order valence-corrected chi connectivity index (χ1v) is 11.4. The number of hydrogen-bond donors (Lipinski definition) is 1. The topological polar surface area (TPSA) is 79.4 Å². The number of hydrogen-bond acceptors (Lipinski definition) is 5.